The number of alkyl carbamates (subject to hydrolysis) is 1. The van der Waals surface area contributed by atoms with Crippen molar-refractivity contribution in [3.05, 3.63) is 0 Å². The third-order valence-corrected chi connectivity index (χ3v) is 5.42. The van der Waals surface area contributed by atoms with E-state index >= 15 is 0 Å². The predicted octanol–water partition coefficient (Wildman–Crippen LogP) is 2.33. The maximum absolute atomic E-state index is 11.7. The molecule has 0 aromatic heterocycles. The summed E-state index contributed by atoms with van der Waals surface area (Å²) in [5, 5.41) is 9.70. The van der Waals surface area contributed by atoms with Crippen LogP contribution >= 0.6 is 0 Å². The molecule has 1 aliphatic heterocycles. The summed E-state index contributed by atoms with van der Waals surface area (Å²) in [5.74, 6) is 1.36. The standard InChI is InChI=1S/C20H39N5O2/c1-4-21-19(22-12-8-14-25-13-7-6-9-16(25)3)23-15-18(17-10-11-17)24-20(26)27-5-2/h16-18H,4-15H2,1-3H3,(H,24,26)(H2,21,22,23). The van der Waals surface area contributed by atoms with Crippen molar-refractivity contribution in [1.29, 1.82) is 0 Å². The molecular formula is C20H39N5O2. The molecule has 7 nitrogen and oxygen atoms in total. The minimum atomic E-state index is -0.335. The molecule has 0 bridgehead atoms. The molecule has 0 aromatic rings. The van der Waals surface area contributed by atoms with Crippen LogP contribution in [-0.4, -0.2) is 68.4 Å². The number of carbonyl (C=O) groups is 1. The van der Waals surface area contributed by atoms with Gasteiger partial charge in [-0.3, -0.25) is 4.99 Å². The number of carbonyl (C=O) groups excluding carboxylic acids is 1. The van der Waals surface area contributed by atoms with Gasteiger partial charge in [0.25, 0.3) is 0 Å². The van der Waals surface area contributed by atoms with Crippen molar-refractivity contribution < 1.29 is 9.53 Å². The smallest absolute Gasteiger partial charge is 0.407 e. The highest BCUT2D eigenvalue weighted by molar-refractivity contribution is 5.79. The van der Waals surface area contributed by atoms with E-state index in [0.717, 1.165) is 44.9 Å². The fourth-order valence-electron chi connectivity index (χ4n) is 3.65. The molecule has 1 amide bonds. The molecule has 2 atom stereocenters. The van der Waals surface area contributed by atoms with E-state index in [9.17, 15) is 4.79 Å². The molecule has 0 aromatic carbocycles. The molecule has 1 heterocycles. The highest BCUT2D eigenvalue weighted by atomic mass is 16.5. The molecule has 7 heteroatoms. The average molecular weight is 382 g/mol. The maximum Gasteiger partial charge on any atom is 0.407 e. The van der Waals surface area contributed by atoms with Crippen molar-refractivity contribution in [2.24, 2.45) is 10.9 Å². The van der Waals surface area contributed by atoms with E-state index in [0.29, 0.717) is 25.1 Å². The van der Waals surface area contributed by atoms with Gasteiger partial charge in [-0.15, -0.1) is 0 Å². The lowest BCUT2D eigenvalue weighted by molar-refractivity contribution is 0.147. The summed E-state index contributed by atoms with van der Waals surface area (Å²) < 4.78 is 5.02. The summed E-state index contributed by atoms with van der Waals surface area (Å²) in [6.07, 6.45) is 7.12. The molecule has 1 saturated heterocycles. The van der Waals surface area contributed by atoms with Gasteiger partial charge < -0.3 is 25.6 Å². The Hall–Kier alpha value is -1.50. The van der Waals surface area contributed by atoms with E-state index in [2.05, 4.69) is 34.7 Å². The van der Waals surface area contributed by atoms with Gasteiger partial charge in [-0.05, 0) is 65.3 Å². The summed E-state index contributed by atoms with van der Waals surface area (Å²) >= 11 is 0. The van der Waals surface area contributed by atoms with E-state index < -0.39 is 0 Å². The first-order chi connectivity index (χ1) is 13.1. The number of guanidine groups is 1. The van der Waals surface area contributed by atoms with Gasteiger partial charge in [0.1, 0.15) is 0 Å². The normalized spacial score (nSPS) is 22.2. The third kappa shape index (κ3) is 8.37. The minimum absolute atomic E-state index is 0.0636. The van der Waals surface area contributed by atoms with Crippen LogP contribution in [0.25, 0.3) is 0 Å². The number of ether oxygens (including phenoxy) is 1. The van der Waals surface area contributed by atoms with E-state index in [4.69, 9.17) is 9.73 Å². The van der Waals surface area contributed by atoms with Gasteiger partial charge in [0.2, 0.25) is 0 Å². The molecule has 2 fully saturated rings. The molecule has 27 heavy (non-hydrogen) atoms. The van der Waals surface area contributed by atoms with Crippen LogP contribution < -0.4 is 16.0 Å². The van der Waals surface area contributed by atoms with Gasteiger partial charge in [0.05, 0.1) is 19.2 Å². The van der Waals surface area contributed by atoms with Crippen LogP contribution in [0, 0.1) is 5.92 Å². The zero-order valence-corrected chi connectivity index (χ0v) is 17.4. The van der Waals surface area contributed by atoms with Crippen molar-refractivity contribution >= 4 is 12.1 Å². The second-order valence-corrected chi connectivity index (χ2v) is 7.69. The number of aliphatic imine (C=N–C) groups is 1. The lowest BCUT2D eigenvalue weighted by Gasteiger charge is -2.33. The van der Waals surface area contributed by atoms with Crippen LogP contribution in [0.3, 0.4) is 0 Å². The molecule has 0 spiro atoms. The Bertz CT molecular complexity index is 467. The molecule has 2 aliphatic rings. The first kappa shape index (κ1) is 21.8. The van der Waals surface area contributed by atoms with E-state index in [1.54, 1.807) is 0 Å². The molecule has 2 rings (SSSR count). The summed E-state index contributed by atoms with van der Waals surface area (Å²) in [5.41, 5.74) is 0. The van der Waals surface area contributed by atoms with Gasteiger partial charge in [-0.2, -0.15) is 0 Å². The van der Waals surface area contributed by atoms with Crippen molar-refractivity contribution in [3.63, 3.8) is 0 Å². The lowest BCUT2D eigenvalue weighted by atomic mass is 10.0. The van der Waals surface area contributed by atoms with E-state index in [1.807, 2.05) is 6.92 Å². The van der Waals surface area contributed by atoms with E-state index in [1.165, 1.54) is 25.8 Å². The van der Waals surface area contributed by atoms with Crippen LogP contribution in [0.2, 0.25) is 0 Å². The SMILES string of the molecule is CCNC(=NCC(NC(=O)OCC)C1CC1)NCCCN1CCCCC1C. The molecule has 3 N–H and O–H groups in total. The summed E-state index contributed by atoms with van der Waals surface area (Å²) in [4.78, 5) is 19.0. The number of rotatable bonds is 10. The zero-order chi connectivity index (χ0) is 19.5. The molecule has 0 radical (unpaired) electrons. The van der Waals surface area contributed by atoms with Crippen LogP contribution in [0.4, 0.5) is 4.79 Å². The fourth-order valence-corrected chi connectivity index (χ4v) is 3.65. The molecule has 2 unspecified atom stereocenters. The number of piperidine rings is 1. The number of amides is 1. The fraction of sp³-hybridized carbons (Fsp3) is 0.900. The number of nitrogens with zero attached hydrogens (tertiary/aromatic N) is 2. The Labute approximate surface area is 164 Å². The van der Waals surface area contributed by atoms with Crippen LogP contribution in [-0.2, 0) is 4.74 Å². The highest BCUT2D eigenvalue weighted by Crippen LogP contribution is 2.32. The number of hydrogen-bond donors (Lipinski definition) is 3. The van der Waals surface area contributed by atoms with Crippen LogP contribution in [0.1, 0.15) is 59.3 Å². The number of likely N-dealkylation sites (tertiary alicyclic amines) is 1. The van der Waals surface area contributed by atoms with Crippen molar-refractivity contribution in [1.82, 2.24) is 20.9 Å². The maximum atomic E-state index is 11.7. The van der Waals surface area contributed by atoms with Gasteiger partial charge >= 0.3 is 6.09 Å². The molecular weight excluding hydrogens is 342 g/mol. The van der Waals surface area contributed by atoms with Crippen LogP contribution in [0.5, 0.6) is 0 Å². The predicted molar refractivity (Wildman–Crippen MR) is 110 cm³/mol. The number of hydrogen-bond acceptors (Lipinski definition) is 4. The molecule has 156 valence electrons. The highest BCUT2D eigenvalue weighted by Gasteiger charge is 2.32. The van der Waals surface area contributed by atoms with Gasteiger partial charge in [-0.1, -0.05) is 6.42 Å². The molecule has 1 aliphatic carbocycles. The number of nitrogens with one attached hydrogen (secondary N) is 3. The minimum Gasteiger partial charge on any atom is -0.450 e. The van der Waals surface area contributed by atoms with Crippen LogP contribution in [0.15, 0.2) is 4.99 Å². The Morgan fingerprint density at radius 1 is 1.22 bits per heavy atom. The summed E-state index contributed by atoms with van der Waals surface area (Å²) in [6, 6.07) is 0.780. The van der Waals surface area contributed by atoms with Crippen molar-refractivity contribution in [2.45, 2.75) is 71.4 Å². The Morgan fingerprint density at radius 2 is 2.04 bits per heavy atom. The van der Waals surface area contributed by atoms with Gasteiger partial charge in [0, 0.05) is 25.7 Å². The lowest BCUT2D eigenvalue weighted by Crippen LogP contribution is -2.43. The molecule has 1 saturated carbocycles. The second-order valence-electron chi connectivity index (χ2n) is 7.69. The van der Waals surface area contributed by atoms with Gasteiger partial charge in [-0.25, -0.2) is 4.79 Å². The first-order valence-electron chi connectivity index (χ1n) is 10.8. The quantitative estimate of drug-likeness (QED) is 0.308. The Kier molecular flexibility index (Phi) is 9.73. The third-order valence-electron chi connectivity index (χ3n) is 5.42. The zero-order valence-electron chi connectivity index (χ0n) is 17.4. The van der Waals surface area contributed by atoms with Crippen molar-refractivity contribution in [2.75, 3.05) is 39.3 Å². The monoisotopic (exact) mass is 381 g/mol. The average Bonchev–Trinajstić information content (AvgIpc) is 3.48. The van der Waals surface area contributed by atoms with E-state index in [-0.39, 0.29) is 12.1 Å². The van der Waals surface area contributed by atoms with Crippen molar-refractivity contribution in [3.8, 4) is 0 Å². The first-order valence-corrected chi connectivity index (χ1v) is 10.8. The largest absolute Gasteiger partial charge is 0.450 e. The topological polar surface area (TPSA) is 78.0 Å². The summed E-state index contributed by atoms with van der Waals surface area (Å²) in [7, 11) is 0. The Balaban J connectivity index is 1.74. The summed E-state index contributed by atoms with van der Waals surface area (Å²) in [6.45, 7) is 11.3. The second kappa shape index (κ2) is 12.1. The van der Waals surface area contributed by atoms with Gasteiger partial charge in [0.15, 0.2) is 5.96 Å². The Morgan fingerprint density at radius 3 is 2.70 bits per heavy atom.